The van der Waals surface area contributed by atoms with Gasteiger partial charge in [0.05, 0.1) is 7.11 Å². The number of carbonyl (C=O) groups excluding carboxylic acids is 2. The van der Waals surface area contributed by atoms with Gasteiger partial charge in [-0.05, 0) is 23.7 Å². The van der Waals surface area contributed by atoms with Crippen LogP contribution in [0, 0.1) is 17.3 Å². The minimum atomic E-state index is -0.537. The number of carbonyl (C=O) groups is 2. The maximum atomic E-state index is 12.0. The van der Waals surface area contributed by atoms with Crippen LogP contribution in [0.2, 0.25) is 0 Å². The van der Waals surface area contributed by atoms with Gasteiger partial charge in [-0.25, -0.2) is 4.79 Å². The Hall–Kier alpha value is -1.06. The lowest BCUT2D eigenvalue weighted by Gasteiger charge is -2.27. The molecule has 0 aromatic rings. The lowest BCUT2D eigenvalue weighted by molar-refractivity contribution is -0.145. The molecular formula is C15H29NO3. The Morgan fingerprint density at radius 2 is 1.68 bits per heavy atom. The van der Waals surface area contributed by atoms with Crippen molar-refractivity contribution in [2.24, 2.45) is 17.3 Å². The predicted octanol–water partition coefficient (Wildman–Crippen LogP) is 2.76. The van der Waals surface area contributed by atoms with Gasteiger partial charge in [0, 0.05) is 6.42 Å². The fourth-order valence-electron chi connectivity index (χ4n) is 1.67. The average Bonchev–Trinajstić information content (AvgIpc) is 2.24. The van der Waals surface area contributed by atoms with Crippen LogP contribution < -0.4 is 5.32 Å². The molecule has 1 N–H and O–H groups in total. The molecular weight excluding hydrogens is 242 g/mol. The van der Waals surface area contributed by atoms with Gasteiger partial charge in [-0.2, -0.15) is 0 Å². The summed E-state index contributed by atoms with van der Waals surface area (Å²) in [6.45, 7) is 12.4. The fourth-order valence-corrected chi connectivity index (χ4v) is 1.67. The van der Waals surface area contributed by atoms with E-state index in [4.69, 9.17) is 4.74 Å². The normalized spacial score (nSPS) is 14.9. The summed E-state index contributed by atoms with van der Waals surface area (Å²) < 4.78 is 4.73. The van der Waals surface area contributed by atoms with Crippen molar-refractivity contribution in [3.63, 3.8) is 0 Å². The number of nitrogens with one attached hydrogen (secondary N) is 1. The maximum Gasteiger partial charge on any atom is 0.328 e. The topological polar surface area (TPSA) is 55.4 Å². The number of hydrogen-bond donors (Lipinski definition) is 1. The Morgan fingerprint density at radius 3 is 2.05 bits per heavy atom. The molecule has 0 spiro atoms. The molecule has 2 unspecified atom stereocenters. The van der Waals surface area contributed by atoms with Crippen LogP contribution in [0.25, 0.3) is 0 Å². The van der Waals surface area contributed by atoms with E-state index in [0.717, 1.165) is 0 Å². The van der Waals surface area contributed by atoms with Gasteiger partial charge in [-0.1, -0.05) is 41.5 Å². The van der Waals surface area contributed by atoms with Gasteiger partial charge in [0.25, 0.3) is 0 Å². The van der Waals surface area contributed by atoms with Gasteiger partial charge >= 0.3 is 5.97 Å². The van der Waals surface area contributed by atoms with Crippen molar-refractivity contribution in [3.8, 4) is 0 Å². The van der Waals surface area contributed by atoms with E-state index in [9.17, 15) is 9.59 Å². The Morgan fingerprint density at radius 1 is 1.16 bits per heavy atom. The van der Waals surface area contributed by atoms with Crippen molar-refractivity contribution in [1.82, 2.24) is 5.32 Å². The quantitative estimate of drug-likeness (QED) is 0.756. The number of methoxy groups -OCH3 is 1. The van der Waals surface area contributed by atoms with Gasteiger partial charge in [-0.3, -0.25) is 4.79 Å². The smallest absolute Gasteiger partial charge is 0.328 e. The van der Waals surface area contributed by atoms with Crippen LogP contribution >= 0.6 is 0 Å². The standard InChI is InChI=1S/C15H29NO3/c1-10(2)8-12(14(18)19-7)16-13(17)9-11(3)15(4,5)6/h10-12H,8-9H2,1-7H3,(H,16,17). The van der Waals surface area contributed by atoms with E-state index in [2.05, 4.69) is 33.0 Å². The molecule has 19 heavy (non-hydrogen) atoms. The first-order chi connectivity index (χ1) is 8.57. The number of hydrogen-bond acceptors (Lipinski definition) is 3. The van der Waals surface area contributed by atoms with Crippen molar-refractivity contribution < 1.29 is 14.3 Å². The van der Waals surface area contributed by atoms with Gasteiger partial charge < -0.3 is 10.1 Å². The first-order valence-corrected chi connectivity index (χ1v) is 6.95. The van der Waals surface area contributed by atoms with Gasteiger partial charge in [0.1, 0.15) is 6.04 Å². The van der Waals surface area contributed by atoms with Crippen molar-refractivity contribution >= 4 is 11.9 Å². The van der Waals surface area contributed by atoms with Crippen molar-refractivity contribution in [1.29, 1.82) is 0 Å². The molecule has 0 saturated heterocycles. The van der Waals surface area contributed by atoms with E-state index in [0.29, 0.717) is 18.8 Å². The zero-order valence-corrected chi connectivity index (χ0v) is 13.4. The zero-order valence-electron chi connectivity index (χ0n) is 13.4. The molecule has 0 aromatic heterocycles. The molecule has 0 aliphatic heterocycles. The third-order valence-electron chi connectivity index (χ3n) is 3.50. The highest BCUT2D eigenvalue weighted by atomic mass is 16.5. The van der Waals surface area contributed by atoms with Gasteiger partial charge in [0.2, 0.25) is 5.91 Å². The lowest BCUT2D eigenvalue weighted by Crippen LogP contribution is -2.43. The first-order valence-electron chi connectivity index (χ1n) is 6.95. The summed E-state index contributed by atoms with van der Waals surface area (Å²) in [5.74, 6) is 0.123. The van der Waals surface area contributed by atoms with Crippen LogP contribution in [-0.4, -0.2) is 25.0 Å². The molecule has 0 radical (unpaired) electrons. The predicted molar refractivity (Wildman–Crippen MR) is 76.6 cm³/mol. The molecule has 0 bridgehead atoms. The highest BCUT2D eigenvalue weighted by Crippen LogP contribution is 2.27. The molecule has 0 heterocycles. The molecule has 0 aliphatic carbocycles. The van der Waals surface area contributed by atoms with Crippen molar-refractivity contribution in [2.45, 2.75) is 60.4 Å². The van der Waals surface area contributed by atoms with E-state index >= 15 is 0 Å². The second-order valence-corrected chi connectivity index (χ2v) is 6.74. The molecule has 2 atom stereocenters. The summed E-state index contributed by atoms with van der Waals surface area (Å²) >= 11 is 0. The SMILES string of the molecule is COC(=O)C(CC(C)C)NC(=O)CC(C)C(C)(C)C. The lowest BCUT2D eigenvalue weighted by atomic mass is 9.80. The molecule has 112 valence electrons. The average molecular weight is 271 g/mol. The second kappa shape index (κ2) is 7.51. The van der Waals surface area contributed by atoms with Crippen LogP contribution in [-0.2, 0) is 14.3 Å². The van der Waals surface area contributed by atoms with Crippen molar-refractivity contribution in [3.05, 3.63) is 0 Å². The van der Waals surface area contributed by atoms with Gasteiger partial charge in [0.15, 0.2) is 0 Å². The van der Waals surface area contributed by atoms with E-state index in [-0.39, 0.29) is 23.2 Å². The number of rotatable bonds is 6. The summed E-state index contributed by atoms with van der Waals surface area (Å²) in [5, 5.41) is 2.79. The maximum absolute atomic E-state index is 12.0. The summed E-state index contributed by atoms with van der Waals surface area (Å²) in [6.07, 6.45) is 1.03. The van der Waals surface area contributed by atoms with Crippen molar-refractivity contribution in [2.75, 3.05) is 7.11 Å². The highest BCUT2D eigenvalue weighted by molar-refractivity contribution is 5.84. The van der Waals surface area contributed by atoms with E-state index in [1.807, 2.05) is 13.8 Å². The van der Waals surface area contributed by atoms with Crippen LogP contribution in [0.1, 0.15) is 54.4 Å². The third-order valence-corrected chi connectivity index (χ3v) is 3.50. The monoisotopic (exact) mass is 271 g/mol. The number of ether oxygens (including phenoxy) is 1. The Balaban J connectivity index is 4.51. The minimum absolute atomic E-state index is 0.0795. The Bertz CT molecular complexity index is 305. The first kappa shape index (κ1) is 17.9. The molecule has 0 fully saturated rings. The largest absolute Gasteiger partial charge is 0.467 e. The second-order valence-electron chi connectivity index (χ2n) is 6.74. The highest BCUT2D eigenvalue weighted by Gasteiger charge is 2.26. The van der Waals surface area contributed by atoms with E-state index < -0.39 is 6.04 Å². The molecule has 0 saturated carbocycles. The fraction of sp³-hybridized carbons (Fsp3) is 0.867. The van der Waals surface area contributed by atoms with E-state index in [1.54, 1.807) is 0 Å². The Labute approximate surface area is 117 Å². The summed E-state index contributed by atoms with van der Waals surface area (Å²) in [4.78, 5) is 23.6. The molecule has 0 aromatic carbocycles. The van der Waals surface area contributed by atoms with Crippen LogP contribution in [0.5, 0.6) is 0 Å². The van der Waals surface area contributed by atoms with E-state index in [1.165, 1.54) is 7.11 Å². The summed E-state index contributed by atoms with van der Waals surface area (Å²) in [6, 6.07) is -0.537. The minimum Gasteiger partial charge on any atom is -0.467 e. The molecule has 0 aliphatic rings. The van der Waals surface area contributed by atoms with Crippen LogP contribution in [0.15, 0.2) is 0 Å². The molecule has 0 rings (SSSR count). The number of esters is 1. The van der Waals surface area contributed by atoms with Crippen LogP contribution in [0.4, 0.5) is 0 Å². The molecule has 4 heteroatoms. The Kier molecular flexibility index (Phi) is 7.09. The zero-order chi connectivity index (χ0) is 15.2. The summed E-state index contributed by atoms with van der Waals surface area (Å²) in [7, 11) is 1.35. The third kappa shape index (κ3) is 7.19. The number of amides is 1. The summed E-state index contributed by atoms with van der Waals surface area (Å²) in [5.41, 5.74) is 0.0795. The van der Waals surface area contributed by atoms with Crippen LogP contribution in [0.3, 0.4) is 0 Å². The van der Waals surface area contributed by atoms with Gasteiger partial charge in [-0.15, -0.1) is 0 Å². The molecule has 1 amide bonds. The molecule has 4 nitrogen and oxygen atoms in total.